The molecule has 1 saturated heterocycles. The van der Waals surface area contributed by atoms with Crippen LogP contribution in [0.1, 0.15) is 14.5 Å². The van der Waals surface area contributed by atoms with Gasteiger partial charge in [-0.2, -0.15) is 0 Å². The second-order valence-corrected chi connectivity index (χ2v) is 5.49. The highest BCUT2D eigenvalue weighted by Crippen LogP contribution is 2.23. The predicted octanol–water partition coefficient (Wildman–Crippen LogP) is 1.02. The molecule has 2 amide bonds. The summed E-state index contributed by atoms with van der Waals surface area (Å²) in [7, 11) is 0. The third-order valence-corrected chi connectivity index (χ3v) is 4.17. The monoisotopic (exact) mass is 257 g/mol. The van der Waals surface area contributed by atoms with Crippen molar-refractivity contribution in [3.63, 3.8) is 0 Å². The van der Waals surface area contributed by atoms with Crippen molar-refractivity contribution < 1.29 is 9.59 Å². The highest BCUT2D eigenvalue weighted by Gasteiger charge is 2.21. The van der Waals surface area contributed by atoms with Crippen LogP contribution in [0.15, 0.2) is 12.1 Å². The summed E-state index contributed by atoms with van der Waals surface area (Å²) in [5, 5.41) is 0.109. The van der Waals surface area contributed by atoms with E-state index >= 15 is 0 Å². The molecule has 1 aliphatic rings. The van der Waals surface area contributed by atoms with E-state index in [0.717, 1.165) is 17.2 Å². The average Bonchev–Trinajstić information content (AvgIpc) is 2.89. The van der Waals surface area contributed by atoms with Gasteiger partial charge in [0, 0.05) is 17.2 Å². The van der Waals surface area contributed by atoms with Crippen molar-refractivity contribution in [2.24, 2.45) is 5.84 Å². The van der Waals surface area contributed by atoms with Crippen LogP contribution in [-0.4, -0.2) is 28.3 Å². The van der Waals surface area contributed by atoms with Gasteiger partial charge in [0.2, 0.25) is 0 Å². The number of thiophene rings is 1. The lowest BCUT2D eigenvalue weighted by Gasteiger charge is -2.12. The fraction of sp³-hybridized carbons (Fsp3) is 0.333. The van der Waals surface area contributed by atoms with Crippen molar-refractivity contribution in [1.82, 2.24) is 10.3 Å². The van der Waals surface area contributed by atoms with Crippen LogP contribution in [0.4, 0.5) is 4.79 Å². The van der Waals surface area contributed by atoms with Gasteiger partial charge in [0.05, 0.1) is 11.4 Å². The van der Waals surface area contributed by atoms with E-state index in [0.29, 0.717) is 11.4 Å². The van der Waals surface area contributed by atoms with Gasteiger partial charge in [0.1, 0.15) is 0 Å². The quantitative estimate of drug-likeness (QED) is 0.481. The van der Waals surface area contributed by atoms with Gasteiger partial charge >= 0.3 is 0 Å². The number of amides is 2. The number of thioether (sulfide) groups is 1. The van der Waals surface area contributed by atoms with Gasteiger partial charge in [-0.05, 0) is 12.1 Å². The van der Waals surface area contributed by atoms with Crippen molar-refractivity contribution >= 4 is 34.2 Å². The number of carbonyl (C=O) groups is 2. The minimum absolute atomic E-state index is 0.109. The van der Waals surface area contributed by atoms with E-state index < -0.39 is 0 Å². The summed E-state index contributed by atoms with van der Waals surface area (Å²) in [6, 6.07) is 3.57. The maximum absolute atomic E-state index is 11.4. The summed E-state index contributed by atoms with van der Waals surface area (Å²) >= 11 is 2.69. The molecule has 0 aromatic carbocycles. The van der Waals surface area contributed by atoms with Gasteiger partial charge in [-0.3, -0.25) is 15.0 Å². The average molecular weight is 257 g/mol. The molecule has 2 rings (SSSR count). The zero-order valence-electron chi connectivity index (χ0n) is 8.43. The van der Waals surface area contributed by atoms with Crippen LogP contribution in [0, 0.1) is 0 Å². The second-order valence-electron chi connectivity index (χ2n) is 3.28. The molecular formula is C9H11N3O2S2. The van der Waals surface area contributed by atoms with E-state index in [1.165, 1.54) is 23.1 Å². The number of rotatable bonds is 3. The third kappa shape index (κ3) is 2.37. The molecule has 1 aromatic heterocycles. The summed E-state index contributed by atoms with van der Waals surface area (Å²) in [5.41, 5.74) is 2.08. The SMILES string of the molecule is NNC(=O)c1ccc(CN2CCSC2=O)s1. The summed E-state index contributed by atoms with van der Waals surface area (Å²) in [5.74, 6) is 5.59. The summed E-state index contributed by atoms with van der Waals surface area (Å²) in [6.45, 7) is 1.36. The van der Waals surface area contributed by atoms with E-state index in [4.69, 9.17) is 5.84 Å². The highest BCUT2D eigenvalue weighted by molar-refractivity contribution is 8.13. The minimum atomic E-state index is -0.293. The molecule has 1 fully saturated rings. The molecule has 7 heteroatoms. The Morgan fingerprint density at radius 2 is 2.38 bits per heavy atom. The minimum Gasteiger partial charge on any atom is -0.328 e. The predicted molar refractivity (Wildman–Crippen MR) is 64.2 cm³/mol. The van der Waals surface area contributed by atoms with Crippen LogP contribution in [0.25, 0.3) is 0 Å². The van der Waals surface area contributed by atoms with Crippen LogP contribution >= 0.6 is 23.1 Å². The van der Waals surface area contributed by atoms with Gasteiger partial charge in [-0.1, -0.05) is 11.8 Å². The van der Waals surface area contributed by atoms with E-state index in [2.05, 4.69) is 5.43 Å². The molecule has 0 aliphatic carbocycles. The fourth-order valence-electron chi connectivity index (χ4n) is 1.41. The Labute approximate surface area is 101 Å². The number of hydrazine groups is 1. The Morgan fingerprint density at radius 3 is 3.00 bits per heavy atom. The summed E-state index contributed by atoms with van der Waals surface area (Å²) < 4.78 is 0. The smallest absolute Gasteiger partial charge is 0.282 e. The molecule has 0 radical (unpaired) electrons. The molecule has 1 aliphatic heterocycles. The van der Waals surface area contributed by atoms with E-state index in [1.807, 2.05) is 6.07 Å². The summed E-state index contributed by atoms with van der Waals surface area (Å²) in [6.07, 6.45) is 0. The Balaban J connectivity index is 2.02. The van der Waals surface area contributed by atoms with Crippen molar-refractivity contribution in [2.45, 2.75) is 6.54 Å². The number of hydrogen-bond acceptors (Lipinski definition) is 5. The Bertz CT molecular complexity index is 419. The molecule has 16 heavy (non-hydrogen) atoms. The van der Waals surface area contributed by atoms with E-state index in [9.17, 15) is 9.59 Å². The number of nitrogen functional groups attached to an aromatic ring is 1. The van der Waals surface area contributed by atoms with Crippen LogP contribution in [0.2, 0.25) is 0 Å². The zero-order chi connectivity index (χ0) is 11.5. The molecule has 0 bridgehead atoms. The van der Waals surface area contributed by atoms with E-state index in [1.54, 1.807) is 11.0 Å². The number of nitrogens with two attached hydrogens (primary N) is 1. The molecule has 86 valence electrons. The van der Waals surface area contributed by atoms with Gasteiger partial charge in [-0.25, -0.2) is 5.84 Å². The standard InChI is InChI=1S/C9H11N3O2S2/c10-11-8(13)7-2-1-6(16-7)5-12-3-4-15-9(12)14/h1-2H,3-5,10H2,(H,11,13). The zero-order valence-corrected chi connectivity index (χ0v) is 10.1. The Morgan fingerprint density at radius 1 is 1.56 bits per heavy atom. The number of nitrogens with one attached hydrogen (secondary N) is 1. The van der Waals surface area contributed by atoms with Crippen molar-refractivity contribution in [1.29, 1.82) is 0 Å². The van der Waals surface area contributed by atoms with Crippen LogP contribution < -0.4 is 11.3 Å². The first-order valence-corrected chi connectivity index (χ1v) is 6.52. The molecule has 5 nitrogen and oxygen atoms in total. The Hall–Kier alpha value is -1.05. The normalized spacial score (nSPS) is 15.6. The maximum Gasteiger partial charge on any atom is 0.282 e. The lowest BCUT2D eigenvalue weighted by atomic mass is 10.4. The lowest BCUT2D eigenvalue weighted by molar-refractivity contribution is 0.0957. The van der Waals surface area contributed by atoms with Gasteiger partial charge in [-0.15, -0.1) is 11.3 Å². The number of hydrogen-bond donors (Lipinski definition) is 2. The van der Waals surface area contributed by atoms with E-state index in [-0.39, 0.29) is 11.1 Å². The molecule has 0 spiro atoms. The molecule has 1 aromatic rings. The first kappa shape index (κ1) is 11.4. The second kappa shape index (κ2) is 4.86. The van der Waals surface area contributed by atoms with Gasteiger partial charge in [0.15, 0.2) is 0 Å². The first-order valence-electron chi connectivity index (χ1n) is 4.72. The van der Waals surface area contributed by atoms with Crippen molar-refractivity contribution in [3.8, 4) is 0 Å². The maximum atomic E-state index is 11.4. The van der Waals surface area contributed by atoms with Crippen LogP contribution in [-0.2, 0) is 6.54 Å². The molecule has 0 saturated carbocycles. The molecule has 0 atom stereocenters. The Kier molecular flexibility index (Phi) is 3.47. The number of nitrogens with zero attached hydrogens (tertiary/aromatic N) is 1. The first-order chi connectivity index (χ1) is 7.70. The van der Waals surface area contributed by atoms with Gasteiger partial charge in [0.25, 0.3) is 11.1 Å². The lowest BCUT2D eigenvalue weighted by Crippen LogP contribution is -2.29. The number of carbonyl (C=O) groups excluding carboxylic acids is 2. The van der Waals surface area contributed by atoms with Gasteiger partial charge < -0.3 is 4.90 Å². The molecular weight excluding hydrogens is 246 g/mol. The third-order valence-electron chi connectivity index (χ3n) is 2.21. The molecule has 3 N–H and O–H groups in total. The van der Waals surface area contributed by atoms with Crippen LogP contribution in [0.5, 0.6) is 0 Å². The topological polar surface area (TPSA) is 75.4 Å². The summed E-state index contributed by atoms with van der Waals surface area (Å²) in [4.78, 5) is 25.9. The highest BCUT2D eigenvalue weighted by atomic mass is 32.2. The van der Waals surface area contributed by atoms with Crippen molar-refractivity contribution in [2.75, 3.05) is 12.3 Å². The largest absolute Gasteiger partial charge is 0.328 e. The molecule has 0 unspecified atom stereocenters. The fourth-order valence-corrected chi connectivity index (χ4v) is 3.16. The van der Waals surface area contributed by atoms with Crippen LogP contribution in [0.3, 0.4) is 0 Å². The molecule has 2 heterocycles. The van der Waals surface area contributed by atoms with Crippen molar-refractivity contribution in [3.05, 3.63) is 21.9 Å².